The fourth-order valence-electron chi connectivity index (χ4n) is 1.89. The molecule has 0 saturated heterocycles. The minimum atomic E-state index is -0.357. The molecule has 1 aromatic carbocycles. The second kappa shape index (κ2) is 6.20. The van der Waals surface area contributed by atoms with Crippen molar-refractivity contribution in [3.8, 4) is 0 Å². The molecule has 0 aliphatic heterocycles. The van der Waals surface area contributed by atoms with E-state index in [0.717, 1.165) is 5.56 Å². The SMILES string of the molecule is CCN(CCCO)c1c(C)cccc1[N+](=O)[O-]. The standard InChI is InChI=1S/C12H18N2O3/c1-3-13(8-5-9-15)12-10(2)6-4-7-11(12)14(16)17/h4,6-7,15H,3,5,8-9H2,1-2H3. The largest absolute Gasteiger partial charge is 0.396 e. The Labute approximate surface area is 101 Å². The molecule has 0 fully saturated rings. The van der Waals surface area contributed by atoms with Crippen LogP contribution < -0.4 is 4.90 Å². The number of rotatable bonds is 6. The highest BCUT2D eigenvalue weighted by atomic mass is 16.6. The van der Waals surface area contributed by atoms with E-state index in [1.54, 1.807) is 6.07 Å². The Balaban J connectivity index is 3.11. The summed E-state index contributed by atoms with van der Waals surface area (Å²) in [6.45, 7) is 5.22. The first-order valence-electron chi connectivity index (χ1n) is 5.71. The van der Waals surface area contributed by atoms with Crippen LogP contribution in [0.3, 0.4) is 0 Å². The molecule has 5 nitrogen and oxygen atoms in total. The third kappa shape index (κ3) is 3.17. The van der Waals surface area contributed by atoms with Gasteiger partial charge in [0.05, 0.1) is 4.92 Å². The minimum Gasteiger partial charge on any atom is -0.396 e. The summed E-state index contributed by atoms with van der Waals surface area (Å²) < 4.78 is 0. The number of benzene rings is 1. The van der Waals surface area contributed by atoms with Crippen LogP contribution in [-0.4, -0.2) is 29.7 Å². The molecule has 0 bridgehead atoms. The van der Waals surface area contributed by atoms with Crippen molar-refractivity contribution in [1.29, 1.82) is 0 Å². The normalized spacial score (nSPS) is 10.3. The summed E-state index contributed by atoms with van der Waals surface area (Å²) in [5.41, 5.74) is 1.68. The first kappa shape index (κ1) is 13.4. The molecule has 0 aromatic heterocycles. The van der Waals surface area contributed by atoms with Gasteiger partial charge in [-0.2, -0.15) is 0 Å². The molecule has 0 aliphatic rings. The zero-order chi connectivity index (χ0) is 12.8. The van der Waals surface area contributed by atoms with E-state index in [4.69, 9.17) is 5.11 Å². The summed E-state index contributed by atoms with van der Waals surface area (Å²) >= 11 is 0. The monoisotopic (exact) mass is 238 g/mol. The first-order chi connectivity index (χ1) is 8.11. The fraction of sp³-hybridized carbons (Fsp3) is 0.500. The number of aliphatic hydroxyl groups is 1. The number of hydrogen-bond donors (Lipinski definition) is 1. The number of aliphatic hydroxyl groups excluding tert-OH is 1. The van der Waals surface area contributed by atoms with Crippen LogP contribution in [0.15, 0.2) is 18.2 Å². The maximum absolute atomic E-state index is 11.0. The molecular formula is C12H18N2O3. The van der Waals surface area contributed by atoms with Gasteiger partial charge in [0.2, 0.25) is 0 Å². The Kier molecular flexibility index (Phi) is 4.90. The highest BCUT2D eigenvalue weighted by Crippen LogP contribution is 2.31. The molecule has 5 heteroatoms. The molecule has 0 atom stereocenters. The van der Waals surface area contributed by atoms with Crippen LogP contribution in [0, 0.1) is 17.0 Å². The molecule has 1 rings (SSSR count). The smallest absolute Gasteiger partial charge is 0.292 e. The van der Waals surface area contributed by atoms with Crippen molar-refractivity contribution >= 4 is 11.4 Å². The number of nitro groups is 1. The zero-order valence-corrected chi connectivity index (χ0v) is 10.2. The van der Waals surface area contributed by atoms with Crippen LogP contribution in [0.1, 0.15) is 18.9 Å². The van der Waals surface area contributed by atoms with E-state index in [0.29, 0.717) is 25.2 Å². The second-order valence-electron chi connectivity index (χ2n) is 3.86. The van der Waals surface area contributed by atoms with Gasteiger partial charge < -0.3 is 10.0 Å². The lowest BCUT2D eigenvalue weighted by Gasteiger charge is -2.24. The third-order valence-electron chi connectivity index (χ3n) is 2.70. The van der Waals surface area contributed by atoms with Crippen LogP contribution in [0.5, 0.6) is 0 Å². The van der Waals surface area contributed by atoms with Crippen molar-refractivity contribution in [2.75, 3.05) is 24.6 Å². The molecule has 0 radical (unpaired) electrons. The molecular weight excluding hydrogens is 220 g/mol. The van der Waals surface area contributed by atoms with E-state index in [1.165, 1.54) is 6.07 Å². The first-order valence-corrected chi connectivity index (χ1v) is 5.71. The summed E-state index contributed by atoms with van der Waals surface area (Å²) in [4.78, 5) is 12.6. The van der Waals surface area contributed by atoms with E-state index in [-0.39, 0.29) is 17.2 Å². The van der Waals surface area contributed by atoms with Crippen molar-refractivity contribution in [2.24, 2.45) is 0 Å². The predicted molar refractivity (Wildman–Crippen MR) is 67.4 cm³/mol. The van der Waals surface area contributed by atoms with Gasteiger partial charge in [-0.25, -0.2) is 0 Å². The number of anilines is 1. The van der Waals surface area contributed by atoms with Gasteiger partial charge in [-0.1, -0.05) is 12.1 Å². The van der Waals surface area contributed by atoms with Gasteiger partial charge in [-0.15, -0.1) is 0 Å². The topological polar surface area (TPSA) is 66.6 Å². The fourth-order valence-corrected chi connectivity index (χ4v) is 1.89. The molecule has 0 saturated carbocycles. The summed E-state index contributed by atoms with van der Waals surface area (Å²) in [5.74, 6) is 0. The Bertz CT molecular complexity index is 393. The number of nitrogens with zero attached hydrogens (tertiary/aromatic N) is 2. The lowest BCUT2D eigenvalue weighted by molar-refractivity contribution is -0.384. The van der Waals surface area contributed by atoms with Crippen molar-refractivity contribution in [3.05, 3.63) is 33.9 Å². The molecule has 0 spiro atoms. The molecule has 94 valence electrons. The third-order valence-corrected chi connectivity index (χ3v) is 2.70. The Morgan fingerprint density at radius 3 is 2.71 bits per heavy atom. The lowest BCUT2D eigenvalue weighted by Crippen LogP contribution is -2.26. The van der Waals surface area contributed by atoms with Gasteiger partial charge in [0, 0.05) is 25.8 Å². The van der Waals surface area contributed by atoms with Crippen LogP contribution in [0.2, 0.25) is 0 Å². The summed E-state index contributed by atoms with van der Waals surface area (Å²) in [7, 11) is 0. The minimum absolute atomic E-state index is 0.0934. The maximum Gasteiger partial charge on any atom is 0.292 e. The van der Waals surface area contributed by atoms with E-state index < -0.39 is 0 Å². The predicted octanol–water partition coefficient (Wildman–Crippen LogP) is 2.11. The molecule has 0 heterocycles. The van der Waals surface area contributed by atoms with Gasteiger partial charge in [0.15, 0.2) is 0 Å². The van der Waals surface area contributed by atoms with Crippen LogP contribution in [0.4, 0.5) is 11.4 Å². The number of hydrogen-bond acceptors (Lipinski definition) is 4. The number of para-hydroxylation sites is 1. The van der Waals surface area contributed by atoms with Gasteiger partial charge in [0.25, 0.3) is 5.69 Å². The van der Waals surface area contributed by atoms with Crippen LogP contribution >= 0.6 is 0 Å². The van der Waals surface area contributed by atoms with Crippen molar-refractivity contribution in [2.45, 2.75) is 20.3 Å². The average molecular weight is 238 g/mol. The molecule has 0 amide bonds. The van der Waals surface area contributed by atoms with Gasteiger partial charge in [-0.3, -0.25) is 10.1 Å². The highest BCUT2D eigenvalue weighted by molar-refractivity contribution is 5.67. The maximum atomic E-state index is 11.0. The van der Waals surface area contributed by atoms with Crippen LogP contribution in [0.25, 0.3) is 0 Å². The Hall–Kier alpha value is -1.62. The van der Waals surface area contributed by atoms with Gasteiger partial charge >= 0.3 is 0 Å². The highest BCUT2D eigenvalue weighted by Gasteiger charge is 2.19. The molecule has 1 aromatic rings. The Morgan fingerprint density at radius 2 is 2.18 bits per heavy atom. The van der Waals surface area contributed by atoms with Crippen molar-refractivity contribution in [3.63, 3.8) is 0 Å². The van der Waals surface area contributed by atoms with Crippen molar-refractivity contribution in [1.82, 2.24) is 0 Å². The molecule has 0 unspecified atom stereocenters. The second-order valence-corrected chi connectivity index (χ2v) is 3.86. The quantitative estimate of drug-likeness (QED) is 0.609. The van der Waals surface area contributed by atoms with Crippen LogP contribution in [-0.2, 0) is 0 Å². The lowest BCUT2D eigenvalue weighted by atomic mass is 10.1. The summed E-state index contributed by atoms with van der Waals surface area (Å²) in [5, 5.41) is 19.8. The summed E-state index contributed by atoms with van der Waals surface area (Å²) in [6.07, 6.45) is 0.610. The van der Waals surface area contributed by atoms with E-state index in [2.05, 4.69) is 0 Å². The van der Waals surface area contributed by atoms with E-state index >= 15 is 0 Å². The molecule has 0 aliphatic carbocycles. The van der Waals surface area contributed by atoms with E-state index in [9.17, 15) is 10.1 Å². The van der Waals surface area contributed by atoms with Crippen molar-refractivity contribution < 1.29 is 10.0 Å². The average Bonchev–Trinajstić information content (AvgIpc) is 2.31. The number of nitro benzene ring substituents is 1. The summed E-state index contributed by atoms with van der Waals surface area (Å²) in [6, 6.07) is 5.07. The molecule has 17 heavy (non-hydrogen) atoms. The number of aryl methyl sites for hydroxylation is 1. The van der Waals surface area contributed by atoms with Gasteiger partial charge in [0.1, 0.15) is 5.69 Å². The van der Waals surface area contributed by atoms with E-state index in [1.807, 2.05) is 24.8 Å². The Morgan fingerprint density at radius 1 is 1.47 bits per heavy atom. The molecule has 1 N–H and O–H groups in total. The van der Waals surface area contributed by atoms with Gasteiger partial charge in [-0.05, 0) is 25.8 Å². The zero-order valence-electron chi connectivity index (χ0n) is 10.2.